The molecule has 1 saturated heterocycles. The van der Waals surface area contributed by atoms with Gasteiger partial charge in [-0.3, -0.25) is 9.69 Å². The van der Waals surface area contributed by atoms with Crippen LogP contribution in [0, 0.1) is 0 Å². The predicted molar refractivity (Wildman–Crippen MR) is 114 cm³/mol. The Labute approximate surface area is 173 Å². The Bertz CT molecular complexity index is 729. The molecule has 0 saturated carbocycles. The van der Waals surface area contributed by atoms with Crippen LogP contribution in [-0.2, 0) is 11.3 Å². The summed E-state index contributed by atoms with van der Waals surface area (Å²) in [5.74, 6) is 1.86. The molecule has 0 bridgehead atoms. The van der Waals surface area contributed by atoms with E-state index in [0.29, 0.717) is 26.1 Å². The molecule has 1 fully saturated rings. The summed E-state index contributed by atoms with van der Waals surface area (Å²) >= 11 is 0. The molecule has 156 valence electrons. The van der Waals surface area contributed by atoms with Gasteiger partial charge in [0.05, 0.1) is 7.11 Å². The first-order valence-electron chi connectivity index (χ1n) is 10.3. The van der Waals surface area contributed by atoms with Crippen LogP contribution in [0.1, 0.15) is 12.0 Å². The number of rotatable bonds is 10. The lowest BCUT2D eigenvalue weighted by Gasteiger charge is -2.34. The second-order valence-corrected chi connectivity index (χ2v) is 7.17. The summed E-state index contributed by atoms with van der Waals surface area (Å²) in [6.45, 7) is 6.41. The number of piperazine rings is 1. The van der Waals surface area contributed by atoms with E-state index in [4.69, 9.17) is 9.47 Å². The number of ether oxygens (including phenoxy) is 2. The summed E-state index contributed by atoms with van der Waals surface area (Å²) in [5, 5.41) is 3.28. The van der Waals surface area contributed by atoms with Gasteiger partial charge in [0.2, 0.25) is 5.91 Å². The fourth-order valence-corrected chi connectivity index (χ4v) is 3.39. The topological polar surface area (TPSA) is 54.0 Å². The molecule has 2 aromatic carbocycles. The van der Waals surface area contributed by atoms with Crippen molar-refractivity contribution in [1.29, 1.82) is 0 Å². The smallest absolute Gasteiger partial charge is 0.223 e. The summed E-state index contributed by atoms with van der Waals surface area (Å²) in [7, 11) is 1.64. The first-order valence-corrected chi connectivity index (χ1v) is 10.3. The first kappa shape index (κ1) is 21.1. The summed E-state index contributed by atoms with van der Waals surface area (Å²) in [6.07, 6.45) is 0.529. The molecule has 1 aliphatic rings. The van der Waals surface area contributed by atoms with Crippen molar-refractivity contribution in [2.45, 2.75) is 13.0 Å². The van der Waals surface area contributed by atoms with Crippen molar-refractivity contribution in [1.82, 2.24) is 15.1 Å². The van der Waals surface area contributed by atoms with Gasteiger partial charge in [0.1, 0.15) is 18.1 Å². The Morgan fingerprint density at radius 1 is 0.931 bits per heavy atom. The highest BCUT2D eigenvalue weighted by Crippen LogP contribution is 2.16. The Morgan fingerprint density at radius 2 is 1.62 bits per heavy atom. The van der Waals surface area contributed by atoms with E-state index >= 15 is 0 Å². The molecule has 6 nitrogen and oxygen atoms in total. The molecule has 0 spiro atoms. The van der Waals surface area contributed by atoms with Crippen LogP contribution in [0.15, 0.2) is 54.6 Å². The third-order valence-corrected chi connectivity index (χ3v) is 5.10. The molecule has 3 rings (SSSR count). The third-order valence-electron chi connectivity index (χ3n) is 5.10. The highest BCUT2D eigenvalue weighted by molar-refractivity contribution is 5.76. The van der Waals surface area contributed by atoms with Crippen molar-refractivity contribution in [3.05, 3.63) is 60.2 Å². The fraction of sp³-hybridized carbons (Fsp3) is 0.435. The van der Waals surface area contributed by atoms with Crippen LogP contribution >= 0.6 is 0 Å². The maximum Gasteiger partial charge on any atom is 0.223 e. The summed E-state index contributed by atoms with van der Waals surface area (Å²) in [4.78, 5) is 16.8. The normalized spacial score (nSPS) is 14.6. The number of benzene rings is 2. The van der Waals surface area contributed by atoms with Gasteiger partial charge in [-0.15, -0.1) is 0 Å². The van der Waals surface area contributed by atoms with Gasteiger partial charge in [-0.2, -0.15) is 0 Å². The van der Waals surface area contributed by atoms with Crippen molar-refractivity contribution in [2.75, 3.05) is 53.0 Å². The number of methoxy groups -OCH3 is 1. The molecule has 1 N–H and O–H groups in total. The minimum Gasteiger partial charge on any atom is -0.497 e. The Balaban J connectivity index is 1.24. The van der Waals surface area contributed by atoms with E-state index in [1.807, 2.05) is 35.2 Å². The van der Waals surface area contributed by atoms with Crippen LogP contribution in [-0.4, -0.2) is 68.7 Å². The molecule has 29 heavy (non-hydrogen) atoms. The zero-order valence-electron chi connectivity index (χ0n) is 17.2. The van der Waals surface area contributed by atoms with Gasteiger partial charge >= 0.3 is 0 Å². The van der Waals surface area contributed by atoms with Crippen molar-refractivity contribution >= 4 is 5.91 Å². The van der Waals surface area contributed by atoms with Gasteiger partial charge in [-0.1, -0.05) is 30.3 Å². The molecule has 2 aromatic rings. The molecule has 1 heterocycles. The average Bonchev–Trinajstić information content (AvgIpc) is 2.77. The average molecular weight is 398 g/mol. The molecule has 6 heteroatoms. The van der Waals surface area contributed by atoms with E-state index in [2.05, 4.69) is 34.5 Å². The summed E-state index contributed by atoms with van der Waals surface area (Å²) in [5.41, 5.74) is 1.33. The number of hydrogen-bond acceptors (Lipinski definition) is 5. The lowest BCUT2D eigenvalue weighted by atomic mass is 10.2. The number of amides is 1. The number of nitrogens with one attached hydrogen (secondary N) is 1. The van der Waals surface area contributed by atoms with Crippen LogP contribution < -0.4 is 14.8 Å². The second-order valence-electron chi connectivity index (χ2n) is 7.17. The quantitative estimate of drug-likeness (QED) is 0.624. The standard InChI is InChI=1S/C23H31N3O3/c1-28-21-7-9-22(10-8-21)29-18-13-24-12-11-23(27)26-16-14-25(15-17-26)19-20-5-3-2-4-6-20/h2-10,24H,11-19H2,1H3. The number of carbonyl (C=O) groups excluding carboxylic acids is 1. The first-order chi connectivity index (χ1) is 14.2. The van der Waals surface area contributed by atoms with Gasteiger partial charge in [0.15, 0.2) is 0 Å². The monoisotopic (exact) mass is 397 g/mol. The van der Waals surface area contributed by atoms with Crippen LogP contribution in [0.4, 0.5) is 0 Å². The maximum absolute atomic E-state index is 12.4. The van der Waals surface area contributed by atoms with Crippen LogP contribution in [0.5, 0.6) is 11.5 Å². The van der Waals surface area contributed by atoms with Crippen molar-refractivity contribution < 1.29 is 14.3 Å². The van der Waals surface area contributed by atoms with E-state index in [1.54, 1.807) is 7.11 Å². The minimum atomic E-state index is 0.230. The summed E-state index contributed by atoms with van der Waals surface area (Å²) in [6, 6.07) is 18.0. The molecular weight excluding hydrogens is 366 g/mol. The van der Waals surface area contributed by atoms with Crippen LogP contribution in [0.2, 0.25) is 0 Å². The lowest BCUT2D eigenvalue weighted by molar-refractivity contribution is -0.132. The van der Waals surface area contributed by atoms with Crippen LogP contribution in [0.25, 0.3) is 0 Å². The zero-order chi connectivity index (χ0) is 20.3. The molecule has 0 atom stereocenters. The van der Waals surface area contributed by atoms with Gasteiger partial charge in [0.25, 0.3) is 0 Å². The molecular formula is C23H31N3O3. The highest BCUT2D eigenvalue weighted by atomic mass is 16.5. The number of carbonyl (C=O) groups is 1. The van der Waals surface area contributed by atoms with E-state index in [9.17, 15) is 4.79 Å². The molecule has 0 aliphatic carbocycles. The molecule has 1 amide bonds. The summed E-state index contributed by atoms with van der Waals surface area (Å²) < 4.78 is 10.8. The zero-order valence-corrected chi connectivity index (χ0v) is 17.2. The Kier molecular flexibility index (Phi) is 8.34. The van der Waals surface area contributed by atoms with E-state index in [0.717, 1.165) is 44.2 Å². The minimum absolute atomic E-state index is 0.230. The second kappa shape index (κ2) is 11.4. The van der Waals surface area contributed by atoms with Gasteiger partial charge in [-0.25, -0.2) is 0 Å². The molecule has 0 radical (unpaired) electrons. The van der Waals surface area contributed by atoms with E-state index < -0.39 is 0 Å². The van der Waals surface area contributed by atoms with Crippen molar-refractivity contribution in [3.8, 4) is 11.5 Å². The van der Waals surface area contributed by atoms with Crippen LogP contribution in [0.3, 0.4) is 0 Å². The lowest BCUT2D eigenvalue weighted by Crippen LogP contribution is -2.48. The molecule has 0 unspecified atom stereocenters. The third kappa shape index (κ3) is 7.07. The number of nitrogens with zero attached hydrogens (tertiary/aromatic N) is 2. The molecule has 0 aromatic heterocycles. The van der Waals surface area contributed by atoms with E-state index in [1.165, 1.54) is 5.56 Å². The highest BCUT2D eigenvalue weighted by Gasteiger charge is 2.20. The fourth-order valence-electron chi connectivity index (χ4n) is 3.39. The van der Waals surface area contributed by atoms with Crippen molar-refractivity contribution in [2.24, 2.45) is 0 Å². The number of hydrogen-bond donors (Lipinski definition) is 1. The van der Waals surface area contributed by atoms with Gasteiger partial charge in [-0.05, 0) is 29.8 Å². The maximum atomic E-state index is 12.4. The SMILES string of the molecule is COc1ccc(OCCNCCC(=O)N2CCN(Cc3ccccc3)CC2)cc1. The van der Waals surface area contributed by atoms with Gasteiger partial charge in [0, 0.05) is 52.2 Å². The Hall–Kier alpha value is -2.57. The Morgan fingerprint density at radius 3 is 2.31 bits per heavy atom. The molecule has 1 aliphatic heterocycles. The van der Waals surface area contributed by atoms with E-state index in [-0.39, 0.29) is 5.91 Å². The van der Waals surface area contributed by atoms with Crippen molar-refractivity contribution in [3.63, 3.8) is 0 Å². The largest absolute Gasteiger partial charge is 0.497 e. The predicted octanol–water partition coefficient (Wildman–Crippen LogP) is 2.40. The van der Waals surface area contributed by atoms with Gasteiger partial charge < -0.3 is 19.7 Å².